The lowest BCUT2D eigenvalue weighted by atomic mass is 9.90. The average Bonchev–Trinajstić information content (AvgIpc) is 2.87. The maximum atomic E-state index is 6.25. The number of fused-ring (bicyclic) bond motifs is 3. The van der Waals surface area contributed by atoms with E-state index in [1.54, 1.807) is 0 Å². The third-order valence-corrected chi connectivity index (χ3v) is 4.82. The van der Waals surface area contributed by atoms with Crippen molar-refractivity contribution in [1.29, 1.82) is 0 Å². The summed E-state index contributed by atoms with van der Waals surface area (Å²) in [5.74, 6) is 0.449. The zero-order valence-corrected chi connectivity index (χ0v) is 13.1. The van der Waals surface area contributed by atoms with E-state index in [0.29, 0.717) is 5.92 Å². The van der Waals surface area contributed by atoms with Crippen LogP contribution in [0.25, 0.3) is 11.1 Å². The number of hydrogen-bond acceptors (Lipinski definition) is 0. The molecule has 1 aliphatic carbocycles. The summed E-state index contributed by atoms with van der Waals surface area (Å²) in [5, 5.41) is 0.830. The van der Waals surface area contributed by atoms with Crippen LogP contribution in [0.3, 0.4) is 0 Å². The predicted molar refractivity (Wildman–Crippen MR) is 93.5 cm³/mol. The summed E-state index contributed by atoms with van der Waals surface area (Å²) in [7, 11) is 0. The van der Waals surface area contributed by atoms with Crippen molar-refractivity contribution in [1.82, 2.24) is 0 Å². The lowest BCUT2D eigenvalue weighted by molar-refractivity contribution is 0.729. The number of benzene rings is 3. The molecule has 0 radical (unpaired) electrons. The van der Waals surface area contributed by atoms with E-state index in [2.05, 4.69) is 66.7 Å². The van der Waals surface area contributed by atoms with Crippen molar-refractivity contribution < 1.29 is 0 Å². The Morgan fingerprint density at radius 1 is 0.727 bits per heavy atom. The molecule has 0 amide bonds. The van der Waals surface area contributed by atoms with Crippen LogP contribution in [-0.2, 0) is 6.42 Å². The standard InChI is InChI=1S/C21H17Cl/c22-16-11-13-20-18-9-5-4-8-17(18)19(21(20)14-16)12-10-15-6-2-1-3-7-15/h1-9,11,13-14,19H,10,12H2. The van der Waals surface area contributed by atoms with Gasteiger partial charge in [0.1, 0.15) is 0 Å². The first kappa shape index (κ1) is 13.6. The van der Waals surface area contributed by atoms with E-state index >= 15 is 0 Å². The minimum Gasteiger partial charge on any atom is -0.0843 e. The van der Waals surface area contributed by atoms with Crippen LogP contribution in [0.1, 0.15) is 29.0 Å². The molecule has 0 saturated carbocycles. The minimum atomic E-state index is 0.449. The molecule has 0 saturated heterocycles. The van der Waals surface area contributed by atoms with E-state index in [0.717, 1.165) is 17.9 Å². The van der Waals surface area contributed by atoms with Crippen LogP contribution in [0.5, 0.6) is 0 Å². The van der Waals surface area contributed by atoms with E-state index in [9.17, 15) is 0 Å². The van der Waals surface area contributed by atoms with Gasteiger partial charge in [0.15, 0.2) is 0 Å². The molecule has 1 atom stereocenters. The Bertz CT molecular complexity index is 805. The molecule has 0 aliphatic heterocycles. The van der Waals surface area contributed by atoms with Gasteiger partial charge >= 0.3 is 0 Å². The Kier molecular flexibility index (Phi) is 3.48. The molecule has 0 fully saturated rings. The zero-order chi connectivity index (χ0) is 14.9. The Balaban J connectivity index is 1.71. The fourth-order valence-corrected chi connectivity index (χ4v) is 3.73. The first-order valence-corrected chi connectivity index (χ1v) is 8.13. The normalized spacial score (nSPS) is 15.4. The molecule has 1 unspecified atom stereocenters. The third kappa shape index (κ3) is 2.34. The maximum Gasteiger partial charge on any atom is 0.0409 e. The van der Waals surface area contributed by atoms with Crippen LogP contribution in [0.2, 0.25) is 5.02 Å². The van der Waals surface area contributed by atoms with Crippen molar-refractivity contribution in [3.63, 3.8) is 0 Å². The van der Waals surface area contributed by atoms with Gasteiger partial charge in [-0.15, -0.1) is 0 Å². The van der Waals surface area contributed by atoms with Crippen molar-refractivity contribution in [3.8, 4) is 11.1 Å². The molecule has 0 heterocycles. The second kappa shape index (κ2) is 5.62. The van der Waals surface area contributed by atoms with Crippen molar-refractivity contribution in [2.24, 2.45) is 0 Å². The molecule has 1 aliphatic rings. The van der Waals surface area contributed by atoms with Crippen LogP contribution in [0.15, 0.2) is 72.8 Å². The molecule has 0 spiro atoms. The SMILES string of the molecule is Clc1ccc2c(c1)C(CCc1ccccc1)c1ccccc1-2. The molecule has 1 heteroatoms. The lowest BCUT2D eigenvalue weighted by Crippen LogP contribution is -1.99. The molecule has 4 rings (SSSR count). The van der Waals surface area contributed by atoms with E-state index in [-0.39, 0.29) is 0 Å². The van der Waals surface area contributed by atoms with Gasteiger partial charge in [-0.25, -0.2) is 0 Å². The highest BCUT2D eigenvalue weighted by Crippen LogP contribution is 2.47. The van der Waals surface area contributed by atoms with Crippen molar-refractivity contribution in [2.75, 3.05) is 0 Å². The Morgan fingerprint density at radius 3 is 2.32 bits per heavy atom. The largest absolute Gasteiger partial charge is 0.0843 e. The summed E-state index contributed by atoms with van der Waals surface area (Å²) in [4.78, 5) is 0. The van der Waals surface area contributed by atoms with Crippen LogP contribution in [0, 0.1) is 0 Å². The lowest BCUT2D eigenvalue weighted by Gasteiger charge is -2.14. The molecule has 3 aromatic rings. The highest BCUT2D eigenvalue weighted by atomic mass is 35.5. The van der Waals surface area contributed by atoms with Gasteiger partial charge in [-0.1, -0.05) is 72.3 Å². The molecule has 0 bridgehead atoms. The van der Waals surface area contributed by atoms with E-state index in [1.165, 1.54) is 27.8 Å². The maximum absolute atomic E-state index is 6.25. The topological polar surface area (TPSA) is 0 Å². The fraction of sp³-hybridized carbons (Fsp3) is 0.143. The summed E-state index contributed by atoms with van der Waals surface area (Å²) in [6.45, 7) is 0. The van der Waals surface area contributed by atoms with E-state index in [1.807, 2.05) is 6.07 Å². The van der Waals surface area contributed by atoms with E-state index in [4.69, 9.17) is 11.6 Å². The molecular weight excluding hydrogens is 288 g/mol. The summed E-state index contributed by atoms with van der Waals surface area (Å²) in [6.07, 6.45) is 2.21. The number of rotatable bonds is 3. The Morgan fingerprint density at radius 2 is 1.45 bits per heavy atom. The van der Waals surface area contributed by atoms with Crippen LogP contribution in [-0.4, -0.2) is 0 Å². The molecule has 0 N–H and O–H groups in total. The first-order chi connectivity index (χ1) is 10.8. The Hall–Kier alpha value is -2.05. The molecule has 3 aromatic carbocycles. The van der Waals surface area contributed by atoms with Crippen molar-refractivity contribution >= 4 is 11.6 Å². The van der Waals surface area contributed by atoms with Gasteiger partial charge < -0.3 is 0 Å². The highest BCUT2D eigenvalue weighted by Gasteiger charge is 2.28. The smallest absolute Gasteiger partial charge is 0.0409 e. The predicted octanol–water partition coefficient (Wildman–Crippen LogP) is 6.09. The fourth-order valence-electron chi connectivity index (χ4n) is 3.55. The molecule has 0 nitrogen and oxygen atoms in total. The number of hydrogen-bond donors (Lipinski definition) is 0. The zero-order valence-electron chi connectivity index (χ0n) is 12.3. The summed E-state index contributed by atoms with van der Waals surface area (Å²) < 4.78 is 0. The van der Waals surface area contributed by atoms with Gasteiger partial charge in [0.2, 0.25) is 0 Å². The first-order valence-electron chi connectivity index (χ1n) is 7.75. The summed E-state index contributed by atoms with van der Waals surface area (Å²) in [5.41, 5.74) is 6.93. The monoisotopic (exact) mass is 304 g/mol. The minimum absolute atomic E-state index is 0.449. The average molecular weight is 305 g/mol. The Labute approximate surface area is 136 Å². The summed E-state index contributed by atoms with van der Waals surface area (Å²) in [6, 6.07) is 25.8. The van der Waals surface area contributed by atoms with Gasteiger partial charge in [-0.2, -0.15) is 0 Å². The van der Waals surface area contributed by atoms with E-state index < -0.39 is 0 Å². The molecule has 108 valence electrons. The quantitative estimate of drug-likeness (QED) is 0.549. The second-order valence-corrected chi connectivity index (χ2v) is 6.33. The van der Waals surface area contributed by atoms with Crippen LogP contribution < -0.4 is 0 Å². The third-order valence-electron chi connectivity index (χ3n) is 4.58. The molecular formula is C21H17Cl. The summed E-state index contributed by atoms with van der Waals surface area (Å²) >= 11 is 6.25. The van der Waals surface area contributed by atoms with Gasteiger partial charge in [-0.3, -0.25) is 0 Å². The van der Waals surface area contributed by atoms with Crippen LogP contribution >= 0.6 is 11.6 Å². The number of halogens is 1. The molecule has 22 heavy (non-hydrogen) atoms. The van der Waals surface area contributed by atoms with Crippen molar-refractivity contribution in [3.05, 3.63) is 94.5 Å². The van der Waals surface area contributed by atoms with Gasteiger partial charge in [-0.05, 0) is 52.8 Å². The van der Waals surface area contributed by atoms with Crippen LogP contribution in [0.4, 0.5) is 0 Å². The van der Waals surface area contributed by atoms with Gasteiger partial charge in [0.25, 0.3) is 0 Å². The van der Waals surface area contributed by atoms with Gasteiger partial charge in [0.05, 0.1) is 0 Å². The van der Waals surface area contributed by atoms with Crippen molar-refractivity contribution in [2.45, 2.75) is 18.8 Å². The second-order valence-electron chi connectivity index (χ2n) is 5.90. The highest BCUT2D eigenvalue weighted by molar-refractivity contribution is 6.30. The number of aryl methyl sites for hydroxylation is 1. The van der Waals surface area contributed by atoms with Gasteiger partial charge in [0, 0.05) is 10.9 Å². The molecule has 0 aromatic heterocycles.